The minimum absolute atomic E-state index is 0.129. The first-order chi connectivity index (χ1) is 28.4. The monoisotopic (exact) mass is 821 g/mol. The van der Waals surface area contributed by atoms with Crippen LogP contribution in [-0.2, 0) is 23.7 Å². The molecule has 6 unspecified atom stereocenters. The van der Waals surface area contributed by atoms with Gasteiger partial charge in [0.15, 0.2) is 6.29 Å². The Morgan fingerprint density at radius 1 is 0.569 bits per heavy atom. The quantitative estimate of drug-likeness (QED) is 0.0271. The summed E-state index contributed by atoms with van der Waals surface area (Å²) in [6, 6.07) is 0. The van der Waals surface area contributed by atoms with Gasteiger partial charge in [0.2, 0.25) is 0 Å². The molecule has 0 aliphatic carbocycles. The van der Waals surface area contributed by atoms with Gasteiger partial charge in [-0.25, -0.2) is 0 Å². The first kappa shape index (κ1) is 54.2. The second-order valence-corrected chi connectivity index (χ2v) is 16.2. The lowest BCUT2D eigenvalue weighted by molar-refractivity contribution is -0.305. The lowest BCUT2D eigenvalue weighted by atomic mass is 9.99. The van der Waals surface area contributed by atoms with E-state index >= 15 is 0 Å². The van der Waals surface area contributed by atoms with Crippen molar-refractivity contribution in [2.75, 3.05) is 26.4 Å². The van der Waals surface area contributed by atoms with Crippen LogP contribution in [0.1, 0.15) is 194 Å². The van der Waals surface area contributed by atoms with Gasteiger partial charge in [-0.05, 0) is 51.4 Å². The normalized spacial score (nSPS) is 20.7. The van der Waals surface area contributed by atoms with Crippen molar-refractivity contribution in [2.24, 2.45) is 0 Å². The minimum Gasteiger partial charge on any atom is -0.457 e. The molecule has 1 heterocycles. The van der Waals surface area contributed by atoms with Crippen LogP contribution in [-0.4, -0.2) is 89.6 Å². The number of aliphatic hydroxyl groups excluding tert-OH is 4. The van der Waals surface area contributed by atoms with Crippen molar-refractivity contribution in [3.05, 3.63) is 48.6 Å². The van der Waals surface area contributed by atoms with Gasteiger partial charge in [0, 0.05) is 13.0 Å². The van der Waals surface area contributed by atoms with Gasteiger partial charge in [-0.1, -0.05) is 184 Å². The first-order valence-electron chi connectivity index (χ1n) is 23.7. The van der Waals surface area contributed by atoms with Gasteiger partial charge in [0.05, 0.1) is 19.8 Å². The summed E-state index contributed by atoms with van der Waals surface area (Å²) in [5, 5.41) is 40.1. The Morgan fingerprint density at radius 2 is 1.05 bits per heavy atom. The van der Waals surface area contributed by atoms with E-state index in [0.29, 0.717) is 13.0 Å². The third kappa shape index (κ3) is 31.1. The third-order valence-electron chi connectivity index (χ3n) is 10.8. The minimum atomic E-state index is -1.54. The summed E-state index contributed by atoms with van der Waals surface area (Å²) in [5.74, 6) is -0.352. The number of allylic oxidation sites excluding steroid dienone is 8. The molecule has 0 saturated carbocycles. The predicted octanol–water partition coefficient (Wildman–Crippen LogP) is 10.9. The van der Waals surface area contributed by atoms with Crippen molar-refractivity contribution in [3.63, 3.8) is 0 Å². The number of carbonyl (C=O) groups excluding carboxylic acids is 1. The summed E-state index contributed by atoms with van der Waals surface area (Å²) < 4.78 is 22.8. The topological polar surface area (TPSA) is 135 Å². The molecule has 1 aliphatic rings. The van der Waals surface area contributed by atoms with E-state index in [1.807, 2.05) is 0 Å². The summed E-state index contributed by atoms with van der Waals surface area (Å²) in [6.45, 7) is 4.41. The Labute approximate surface area is 354 Å². The Bertz CT molecular complexity index is 1030. The number of carbonyl (C=O) groups is 1. The molecule has 0 spiro atoms. The SMILES string of the molecule is CC/C=C\C/C=C\C/C=C\C/C=C\CCCCC(=O)OC(COCCCCCCCCCCCCCCCCCCCCCC)COC1OC(CO)C(O)C(O)C1O. The van der Waals surface area contributed by atoms with E-state index in [1.54, 1.807) is 0 Å². The lowest BCUT2D eigenvalue weighted by Crippen LogP contribution is -2.59. The fourth-order valence-electron chi connectivity index (χ4n) is 7.07. The average Bonchev–Trinajstić information content (AvgIpc) is 3.22. The molecular weight excluding hydrogens is 733 g/mol. The van der Waals surface area contributed by atoms with Crippen LogP contribution < -0.4 is 0 Å². The van der Waals surface area contributed by atoms with E-state index < -0.39 is 43.4 Å². The maximum Gasteiger partial charge on any atom is 0.306 e. The second-order valence-electron chi connectivity index (χ2n) is 16.2. The summed E-state index contributed by atoms with van der Waals surface area (Å²) in [7, 11) is 0. The molecule has 1 rings (SSSR count). The largest absolute Gasteiger partial charge is 0.457 e. The van der Waals surface area contributed by atoms with Gasteiger partial charge in [0.1, 0.15) is 30.5 Å². The van der Waals surface area contributed by atoms with Crippen molar-refractivity contribution < 1.29 is 44.2 Å². The van der Waals surface area contributed by atoms with Crippen LogP contribution in [0.3, 0.4) is 0 Å². The standard InChI is InChI=1S/C49H88O9/c1-3-5-7-9-11-13-15-17-19-20-21-22-23-25-27-29-31-33-35-37-39-55-41-43(42-56-49-48(54)47(53)46(52)44(40-50)58-49)57-45(51)38-36-34-32-30-28-26-24-18-16-14-12-10-8-6-4-2/h6,8,12,14,18,24,28,30,43-44,46-50,52-54H,3-5,7,9-11,13,15-17,19-23,25-27,29,31-42H2,1-2H3/b8-6-,14-12-,24-18-,30-28-. The van der Waals surface area contributed by atoms with Gasteiger partial charge >= 0.3 is 5.97 Å². The van der Waals surface area contributed by atoms with Crippen molar-refractivity contribution >= 4 is 5.97 Å². The van der Waals surface area contributed by atoms with Crippen LogP contribution in [0.15, 0.2) is 48.6 Å². The molecule has 1 fully saturated rings. The molecule has 9 heteroatoms. The zero-order valence-electron chi connectivity index (χ0n) is 37.0. The van der Waals surface area contributed by atoms with Gasteiger partial charge in [0.25, 0.3) is 0 Å². The van der Waals surface area contributed by atoms with E-state index in [1.165, 1.54) is 116 Å². The van der Waals surface area contributed by atoms with Crippen LogP contribution in [0.5, 0.6) is 0 Å². The van der Waals surface area contributed by atoms with E-state index in [9.17, 15) is 25.2 Å². The number of ether oxygens (including phenoxy) is 4. The highest BCUT2D eigenvalue weighted by atomic mass is 16.7. The number of unbranched alkanes of at least 4 members (excludes halogenated alkanes) is 21. The van der Waals surface area contributed by atoms with Gasteiger partial charge in [-0.2, -0.15) is 0 Å². The summed E-state index contributed by atoms with van der Waals surface area (Å²) in [4.78, 5) is 12.8. The van der Waals surface area contributed by atoms with Gasteiger partial charge < -0.3 is 39.4 Å². The Balaban J connectivity index is 2.24. The molecule has 58 heavy (non-hydrogen) atoms. The second kappa shape index (κ2) is 40.6. The maximum absolute atomic E-state index is 12.8. The summed E-state index contributed by atoms with van der Waals surface area (Å²) in [5.41, 5.74) is 0. The number of aliphatic hydroxyl groups is 4. The number of hydrogen-bond acceptors (Lipinski definition) is 9. The van der Waals surface area contributed by atoms with E-state index in [4.69, 9.17) is 18.9 Å². The zero-order valence-corrected chi connectivity index (χ0v) is 37.0. The molecule has 0 radical (unpaired) electrons. The average molecular weight is 821 g/mol. The molecule has 9 nitrogen and oxygen atoms in total. The lowest BCUT2D eigenvalue weighted by Gasteiger charge is -2.39. The molecule has 0 aromatic heterocycles. The molecular formula is C49H88O9. The van der Waals surface area contributed by atoms with Crippen molar-refractivity contribution in [1.29, 1.82) is 0 Å². The molecule has 0 aromatic rings. The molecule has 6 atom stereocenters. The van der Waals surface area contributed by atoms with Crippen LogP contribution >= 0.6 is 0 Å². The number of esters is 1. The van der Waals surface area contributed by atoms with E-state index in [0.717, 1.165) is 51.4 Å². The number of rotatable bonds is 40. The summed E-state index contributed by atoms with van der Waals surface area (Å²) in [6.07, 6.45) is 42.9. The van der Waals surface area contributed by atoms with Gasteiger partial charge in [-0.15, -0.1) is 0 Å². The third-order valence-corrected chi connectivity index (χ3v) is 10.8. The van der Waals surface area contributed by atoms with Crippen molar-refractivity contribution in [3.8, 4) is 0 Å². The Kier molecular flexibility index (Phi) is 37.9. The Hall–Kier alpha value is -1.85. The molecule has 1 aliphatic heterocycles. The molecule has 0 aromatic carbocycles. The van der Waals surface area contributed by atoms with Crippen LogP contribution in [0.2, 0.25) is 0 Å². The summed E-state index contributed by atoms with van der Waals surface area (Å²) >= 11 is 0. The van der Waals surface area contributed by atoms with Crippen LogP contribution in [0.25, 0.3) is 0 Å². The highest BCUT2D eigenvalue weighted by Gasteiger charge is 2.44. The fraction of sp³-hybridized carbons (Fsp3) is 0.816. The van der Waals surface area contributed by atoms with E-state index in [2.05, 4.69) is 62.5 Å². The predicted molar refractivity (Wildman–Crippen MR) is 238 cm³/mol. The van der Waals surface area contributed by atoms with Crippen molar-refractivity contribution in [1.82, 2.24) is 0 Å². The maximum atomic E-state index is 12.8. The van der Waals surface area contributed by atoms with Crippen LogP contribution in [0.4, 0.5) is 0 Å². The molecule has 338 valence electrons. The first-order valence-corrected chi connectivity index (χ1v) is 23.7. The fourth-order valence-corrected chi connectivity index (χ4v) is 7.07. The zero-order chi connectivity index (χ0) is 42.2. The smallest absolute Gasteiger partial charge is 0.306 e. The molecule has 0 amide bonds. The highest BCUT2D eigenvalue weighted by molar-refractivity contribution is 5.69. The molecule has 0 bridgehead atoms. The molecule has 1 saturated heterocycles. The molecule has 4 N–H and O–H groups in total. The van der Waals surface area contributed by atoms with E-state index in [-0.39, 0.29) is 25.6 Å². The van der Waals surface area contributed by atoms with Crippen molar-refractivity contribution in [2.45, 2.75) is 230 Å². The highest BCUT2D eigenvalue weighted by Crippen LogP contribution is 2.22. The van der Waals surface area contributed by atoms with Gasteiger partial charge in [-0.3, -0.25) is 4.79 Å². The van der Waals surface area contributed by atoms with Crippen LogP contribution in [0, 0.1) is 0 Å². The Morgan fingerprint density at radius 3 is 1.55 bits per heavy atom. The number of hydrogen-bond donors (Lipinski definition) is 4.